The van der Waals surface area contributed by atoms with Crippen molar-refractivity contribution in [3.63, 3.8) is 0 Å². The van der Waals surface area contributed by atoms with Crippen LogP contribution in [0, 0.1) is 0 Å². The van der Waals surface area contributed by atoms with E-state index in [0.717, 1.165) is 0 Å². The van der Waals surface area contributed by atoms with Crippen molar-refractivity contribution in [2.45, 2.75) is 41.0 Å². The second kappa shape index (κ2) is 11.0. The Morgan fingerprint density at radius 2 is 2.06 bits per heavy atom. The summed E-state index contributed by atoms with van der Waals surface area (Å²) in [4.78, 5) is 10.5. The molecule has 0 saturated carbocycles. The summed E-state index contributed by atoms with van der Waals surface area (Å²) in [5, 5.41) is 0. The maximum atomic E-state index is 10.5. The Morgan fingerprint density at radius 1 is 1.53 bits per heavy atom. The third-order valence-corrected chi connectivity index (χ3v) is 2.07. The fourth-order valence-corrected chi connectivity index (χ4v) is 0.741. The zero-order valence-electron chi connectivity index (χ0n) is 11.9. The third-order valence-electron chi connectivity index (χ3n) is 2.07. The van der Waals surface area contributed by atoms with Gasteiger partial charge in [0.15, 0.2) is 0 Å². The second-order valence-corrected chi connectivity index (χ2v) is 3.20. The van der Waals surface area contributed by atoms with E-state index in [1.165, 1.54) is 22.6 Å². The average molecular weight is 239 g/mol. The molecule has 0 N–H and O–H groups in total. The van der Waals surface area contributed by atoms with Gasteiger partial charge in [-0.2, -0.15) is 0 Å². The molecule has 0 amide bonds. The van der Waals surface area contributed by atoms with Crippen LogP contribution in [0.3, 0.4) is 0 Å². The van der Waals surface area contributed by atoms with E-state index >= 15 is 0 Å². The Hall–Kier alpha value is -1.51. The van der Waals surface area contributed by atoms with Crippen molar-refractivity contribution in [2.75, 3.05) is 0 Å². The zero-order valence-corrected chi connectivity index (χ0v) is 11.9. The van der Waals surface area contributed by atoms with Gasteiger partial charge in [0.1, 0.15) is 5.76 Å². The van der Waals surface area contributed by atoms with Gasteiger partial charge < -0.3 is 4.42 Å². The molecule has 98 valence electrons. The fraction of sp³-hybridized carbons (Fsp3) is 0.500. The molecule has 3 nitrogen and oxygen atoms in total. The molecule has 0 spiro atoms. The highest BCUT2D eigenvalue weighted by Crippen LogP contribution is 1.94. The van der Waals surface area contributed by atoms with E-state index in [0.29, 0.717) is 5.76 Å². The first-order valence-electron chi connectivity index (χ1n) is 5.95. The minimum Gasteiger partial charge on any atom is -0.408 e. The van der Waals surface area contributed by atoms with E-state index in [1.807, 2.05) is 13.8 Å². The summed E-state index contributed by atoms with van der Waals surface area (Å²) >= 11 is 0. The van der Waals surface area contributed by atoms with E-state index in [-0.39, 0.29) is 5.76 Å². The largest absolute Gasteiger partial charge is 0.419 e. The predicted molar refractivity (Wildman–Crippen MR) is 75.1 cm³/mol. The van der Waals surface area contributed by atoms with Gasteiger partial charge >= 0.3 is 5.76 Å². The lowest BCUT2D eigenvalue weighted by Crippen LogP contribution is -2.06. The van der Waals surface area contributed by atoms with Crippen molar-refractivity contribution in [1.82, 2.24) is 4.57 Å². The summed E-state index contributed by atoms with van der Waals surface area (Å²) < 4.78 is 6.01. The fourth-order valence-electron chi connectivity index (χ4n) is 0.741. The van der Waals surface area contributed by atoms with Crippen LogP contribution in [-0.4, -0.2) is 4.57 Å². The summed E-state index contributed by atoms with van der Waals surface area (Å²) in [6.07, 6.45) is 6.40. The molecule has 3 heteroatoms. The quantitative estimate of drug-likeness (QED) is 0.731. The first-order chi connectivity index (χ1) is 8.04. The molecule has 0 saturated heterocycles. The van der Waals surface area contributed by atoms with Crippen molar-refractivity contribution in [2.24, 2.45) is 7.05 Å². The summed E-state index contributed by atoms with van der Waals surface area (Å²) in [5.41, 5.74) is 1.47. The van der Waals surface area contributed by atoms with Crippen molar-refractivity contribution >= 4 is 6.08 Å². The molecule has 1 heterocycles. The minimum atomic E-state index is -0.357. The number of aromatic nitrogens is 1. The molecule has 0 aliphatic rings. The number of hydrogen-bond acceptors (Lipinski definition) is 2. The topological polar surface area (TPSA) is 35.1 Å². The predicted octanol–water partition coefficient (Wildman–Crippen LogP) is 4.01. The Kier molecular flexibility index (Phi) is 11.6. The molecule has 0 unspecified atom stereocenters. The monoisotopic (exact) mass is 239 g/mol. The van der Waals surface area contributed by atoms with E-state index in [1.54, 1.807) is 13.2 Å². The van der Waals surface area contributed by atoms with Crippen molar-refractivity contribution in [3.05, 3.63) is 40.7 Å². The molecule has 0 aliphatic carbocycles. The van der Waals surface area contributed by atoms with Gasteiger partial charge in [0, 0.05) is 7.05 Å². The van der Waals surface area contributed by atoms with Gasteiger partial charge in [-0.25, -0.2) is 4.79 Å². The van der Waals surface area contributed by atoms with Gasteiger partial charge in [0.2, 0.25) is 0 Å². The molecule has 17 heavy (non-hydrogen) atoms. The Balaban J connectivity index is 0. The SMILES string of the molecule is C/C=C(\C)CC.C=Cc1cn(C)c(=O)o1.CC. The summed E-state index contributed by atoms with van der Waals surface area (Å²) in [5.74, 6) is 0.146. The first kappa shape index (κ1) is 17.9. The first-order valence-corrected chi connectivity index (χ1v) is 5.95. The van der Waals surface area contributed by atoms with Crippen LogP contribution in [0.5, 0.6) is 0 Å². The van der Waals surface area contributed by atoms with E-state index in [4.69, 9.17) is 0 Å². The number of allylic oxidation sites excluding steroid dienone is 2. The Bertz CT molecular complexity index is 383. The van der Waals surface area contributed by atoms with E-state index in [9.17, 15) is 4.79 Å². The van der Waals surface area contributed by atoms with E-state index in [2.05, 4.69) is 37.8 Å². The molecule has 0 radical (unpaired) electrons. The van der Waals surface area contributed by atoms with Crippen LogP contribution in [-0.2, 0) is 7.05 Å². The van der Waals surface area contributed by atoms with Crippen molar-refractivity contribution in [3.8, 4) is 0 Å². The highest BCUT2D eigenvalue weighted by atomic mass is 16.4. The van der Waals surface area contributed by atoms with Crippen molar-refractivity contribution in [1.29, 1.82) is 0 Å². The maximum absolute atomic E-state index is 10.5. The average Bonchev–Trinajstić information content (AvgIpc) is 2.71. The number of rotatable bonds is 2. The van der Waals surface area contributed by atoms with Crippen LogP contribution in [0.15, 0.2) is 33.6 Å². The third kappa shape index (κ3) is 8.31. The lowest BCUT2D eigenvalue weighted by Gasteiger charge is -1.85. The van der Waals surface area contributed by atoms with Crippen LogP contribution in [0.25, 0.3) is 6.08 Å². The van der Waals surface area contributed by atoms with Gasteiger partial charge in [-0.1, -0.05) is 39.0 Å². The smallest absolute Gasteiger partial charge is 0.408 e. The number of hydrogen-bond donors (Lipinski definition) is 0. The summed E-state index contributed by atoms with van der Waals surface area (Å²) in [6, 6.07) is 0. The maximum Gasteiger partial charge on any atom is 0.419 e. The number of oxazole rings is 1. The Morgan fingerprint density at radius 3 is 2.18 bits per heavy atom. The van der Waals surface area contributed by atoms with E-state index < -0.39 is 0 Å². The highest BCUT2D eigenvalue weighted by molar-refractivity contribution is 5.36. The normalized spacial score (nSPS) is 9.65. The van der Waals surface area contributed by atoms with Gasteiger partial charge in [-0.15, -0.1) is 0 Å². The molecule has 0 bridgehead atoms. The lowest BCUT2D eigenvalue weighted by molar-refractivity contribution is 0.488. The molecular formula is C14H25NO2. The summed E-state index contributed by atoms with van der Waals surface area (Å²) in [6.45, 7) is 13.8. The standard InChI is InChI=1S/C6H7NO2.C6H12.C2H6/c1-3-5-4-7(2)6(8)9-5;1-4-6(3)5-2;1-2/h3-4H,1H2,2H3;4H,5H2,1-3H3;1-2H3/b;6-4+;. The van der Waals surface area contributed by atoms with Gasteiger partial charge in [-0.05, 0) is 26.3 Å². The van der Waals surface area contributed by atoms with Crippen LogP contribution in [0.4, 0.5) is 0 Å². The lowest BCUT2D eigenvalue weighted by atomic mass is 10.2. The number of nitrogens with zero attached hydrogens (tertiary/aromatic N) is 1. The second-order valence-electron chi connectivity index (χ2n) is 3.20. The Labute approximate surface area is 104 Å². The van der Waals surface area contributed by atoms with Crippen LogP contribution in [0.2, 0.25) is 0 Å². The molecule has 0 aliphatic heterocycles. The van der Waals surface area contributed by atoms with Crippen molar-refractivity contribution < 1.29 is 4.42 Å². The summed E-state index contributed by atoms with van der Waals surface area (Å²) in [7, 11) is 1.62. The van der Waals surface area contributed by atoms with Gasteiger partial charge in [-0.3, -0.25) is 4.57 Å². The van der Waals surface area contributed by atoms with Crippen LogP contribution < -0.4 is 5.76 Å². The van der Waals surface area contributed by atoms with Gasteiger partial charge in [0.05, 0.1) is 6.20 Å². The zero-order chi connectivity index (χ0) is 13.8. The molecule has 0 fully saturated rings. The molecular weight excluding hydrogens is 214 g/mol. The molecule has 1 rings (SSSR count). The van der Waals surface area contributed by atoms with Crippen LogP contribution in [0.1, 0.15) is 46.8 Å². The van der Waals surface area contributed by atoms with Gasteiger partial charge in [0.25, 0.3) is 0 Å². The number of aryl methyl sites for hydroxylation is 1. The molecule has 1 aromatic heterocycles. The minimum absolute atomic E-state index is 0.357. The molecule has 0 aromatic carbocycles. The highest BCUT2D eigenvalue weighted by Gasteiger charge is 1.95. The molecule has 0 atom stereocenters. The van der Waals surface area contributed by atoms with Crippen LogP contribution >= 0.6 is 0 Å². The molecule has 1 aromatic rings.